The molecule has 0 spiro atoms. The fraction of sp³-hybridized carbons (Fsp3) is 0.238. The van der Waals surface area contributed by atoms with E-state index in [-0.39, 0.29) is 28.2 Å². The number of anilines is 1. The summed E-state index contributed by atoms with van der Waals surface area (Å²) < 4.78 is 96.2. The first kappa shape index (κ1) is 24.8. The molecule has 0 saturated carbocycles. The Hall–Kier alpha value is -3.92. The summed E-state index contributed by atoms with van der Waals surface area (Å²) in [6.07, 6.45) is 2.19. The van der Waals surface area contributed by atoms with Crippen molar-refractivity contribution in [3.05, 3.63) is 66.1 Å². The summed E-state index contributed by atoms with van der Waals surface area (Å²) in [5.74, 6) is -1.73. The molecular weight excluding hydrogens is 525 g/mol. The second-order valence-corrected chi connectivity index (χ2v) is 9.98. The second kappa shape index (κ2) is 9.19. The zero-order chi connectivity index (χ0) is 26.4. The molecule has 1 fully saturated rings. The van der Waals surface area contributed by atoms with Gasteiger partial charge in [0.15, 0.2) is 17.5 Å². The molecule has 0 radical (unpaired) electrons. The molecule has 1 aromatic carbocycles. The lowest BCUT2D eigenvalue weighted by Crippen LogP contribution is -2.59. The fourth-order valence-electron chi connectivity index (χ4n) is 3.64. The van der Waals surface area contributed by atoms with Crippen molar-refractivity contribution in [2.45, 2.75) is 18.1 Å². The van der Waals surface area contributed by atoms with E-state index in [1.54, 1.807) is 24.3 Å². The number of hydrogen-bond donors (Lipinski definition) is 1. The minimum Gasteiger partial charge on any atom is -0.364 e. The van der Waals surface area contributed by atoms with Gasteiger partial charge in [-0.1, -0.05) is 23.4 Å². The molecule has 5 rings (SSSR count). The molecule has 37 heavy (non-hydrogen) atoms. The van der Waals surface area contributed by atoms with E-state index in [0.29, 0.717) is 17.0 Å². The molecule has 1 N–H and O–H groups in total. The maximum Gasteiger partial charge on any atom is 0.511 e. The van der Waals surface area contributed by atoms with Gasteiger partial charge in [0.1, 0.15) is 23.5 Å². The van der Waals surface area contributed by atoms with E-state index < -0.39 is 46.3 Å². The van der Waals surface area contributed by atoms with Gasteiger partial charge in [0.05, 0.1) is 24.5 Å². The summed E-state index contributed by atoms with van der Waals surface area (Å²) >= 11 is 0. The zero-order valence-electron chi connectivity index (χ0n) is 18.5. The normalized spacial score (nSPS) is 15.1. The number of hydrogen-bond acceptors (Lipinski definition) is 8. The van der Waals surface area contributed by atoms with Gasteiger partial charge in [-0.05, 0) is 12.1 Å². The molecule has 4 heterocycles. The maximum atomic E-state index is 14.4. The molecule has 1 saturated heterocycles. The summed E-state index contributed by atoms with van der Waals surface area (Å²) in [6, 6.07) is 8.40. The van der Waals surface area contributed by atoms with Crippen molar-refractivity contribution in [2.75, 3.05) is 18.4 Å². The van der Waals surface area contributed by atoms with Crippen LogP contribution >= 0.6 is 0 Å². The van der Waals surface area contributed by atoms with Crippen molar-refractivity contribution in [2.24, 2.45) is 0 Å². The number of aromatic nitrogens is 5. The van der Waals surface area contributed by atoms with Crippen molar-refractivity contribution < 1.29 is 34.9 Å². The number of sulfonamides is 1. The monoisotopic (exact) mass is 541 g/mol. The van der Waals surface area contributed by atoms with E-state index in [1.165, 1.54) is 23.1 Å². The Bertz CT molecular complexity index is 1530. The van der Waals surface area contributed by atoms with Crippen LogP contribution in [-0.4, -0.2) is 62.3 Å². The number of halogens is 5. The molecule has 0 amide bonds. The van der Waals surface area contributed by atoms with Gasteiger partial charge in [0.2, 0.25) is 0 Å². The quantitative estimate of drug-likeness (QED) is 0.354. The van der Waals surface area contributed by atoms with Crippen LogP contribution < -0.4 is 5.32 Å². The number of rotatable bonds is 7. The third-order valence-corrected chi connectivity index (χ3v) is 7.12. The van der Waals surface area contributed by atoms with Crippen LogP contribution in [-0.2, 0) is 16.6 Å². The van der Waals surface area contributed by atoms with Crippen LogP contribution in [0.25, 0.3) is 22.9 Å². The second-order valence-electron chi connectivity index (χ2n) is 8.05. The average molecular weight is 541 g/mol. The Morgan fingerprint density at radius 3 is 2.51 bits per heavy atom. The van der Waals surface area contributed by atoms with Gasteiger partial charge in [0.25, 0.3) is 0 Å². The van der Waals surface area contributed by atoms with E-state index in [0.717, 1.165) is 6.20 Å². The van der Waals surface area contributed by atoms with E-state index in [9.17, 15) is 30.4 Å². The van der Waals surface area contributed by atoms with Crippen molar-refractivity contribution in [1.82, 2.24) is 29.2 Å². The Morgan fingerprint density at radius 2 is 1.84 bits per heavy atom. The minimum atomic E-state index is -5.46. The van der Waals surface area contributed by atoms with Crippen LogP contribution in [0, 0.1) is 11.6 Å². The molecule has 0 atom stereocenters. The number of nitrogens with zero attached hydrogens (tertiary/aromatic N) is 6. The molecule has 16 heteroatoms. The van der Waals surface area contributed by atoms with E-state index in [4.69, 9.17) is 4.52 Å². The Morgan fingerprint density at radius 1 is 1.08 bits per heavy atom. The van der Waals surface area contributed by atoms with E-state index in [1.807, 2.05) is 0 Å². The van der Waals surface area contributed by atoms with Gasteiger partial charge in [-0.15, -0.1) is 0 Å². The smallest absolute Gasteiger partial charge is 0.364 e. The highest BCUT2D eigenvalue weighted by Gasteiger charge is 2.53. The summed E-state index contributed by atoms with van der Waals surface area (Å²) in [4.78, 5) is 8.01. The van der Waals surface area contributed by atoms with Gasteiger partial charge in [-0.25, -0.2) is 27.2 Å². The fourth-order valence-corrected chi connectivity index (χ4v) is 4.69. The van der Waals surface area contributed by atoms with Crippen LogP contribution in [0.15, 0.2) is 53.4 Å². The molecule has 1 aliphatic heterocycles. The van der Waals surface area contributed by atoms with Crippen LogP contribution in [0.2, 0.25) is 0 Å². The molecule has 194 valence electrons. The van der Waals surface area contributed by atoms with Gasteiger partial charge in [-0.2, -0.15) is 22.6 Å². The predicted octanol–water partition coefficient (Wildman–Crippen LogP) is 3.27. The third-order valence-electron chi connectivity index (χ3n) is 5.55. The average Bonchev–Trinajstić information content (AvgIpc) is 3.48. The predicted molar refractivity (Wildman–Crippen MR) is 118 cm³/mol. The highest BCUT2D eigenvalue weighted by atomic mass is 32.2. The van der Waals surface area contributed by atoms with Crippen molar-refractivity contribution in [3.63, 3.8) is 0 Å². The summed E-state index contributed by atoms with van der Waals surface area (Å²) in [7, 11) is -5.46. The molecule has 0 aliphatic carbocycles. The zero-order valence-corrected chi connectivity index (χ0v) is 19.3. The number of alkyl halides is 3. The SMILES string of the molecule is O=S(=O)(N1CC(Nc2nc(-c3cc(-c4ccon4)n(Cc4ccccc4F)n3)ncc2F)C1)C(F)(F)F. The number of benzene rings is 1. The largest absolute Gasteiger partial charge is 0.511 e. The van der Waals surface area contributed by atoms with Crippen LogP contribution in [0.5, 0.6) is 0 Å². The van der Waals surface area contributed by atoms with Gasteiger partial charge in [-0.3, -0.25) is 4.68 Å². The van der Waals surface area contributed by atoms with Crippen molar-refractivity contribution in [1.29, 1.82) is 0 Å². The topological polar surface area (TPSA) is 119 Å². The first-order valence-electron chi connectivity index (χ1n) is 10.6. The molecule has 10 nitrogen and oxygen atoms in total. The first-order chi connectivity index (χ1) is 17.5. The van der Waals surface area contributed by atoms with Crippen molar-refractivity contribution >= 4 is 15.8 Å². The van der Waals surface area contributed by atoms with E-state index >= 15 is 0 Å². The highest BCUT2D eigenvalue weighted by molar-refractivity contribution is 7.90. The highest BCUT2D eigenvalue weighted by Crippen LogP contribution is 2.31. The van der Waals surface area contributed by atoms with Crippen LogP contribution in [0.4, 0.5) is 27.8 Å². The van der Waals surface area contributed by atoms with Gasteiger partial charge >= 0.3 is 15.5 Å². The lowest BCUT2D eigenvalue weighted by molar-refractivity contribution is -0.0508. The molecule has 4 aromatic rings. The minimum absolute atomic E-state index is 0.0206. The van der Waals surface area contributed by atoms with Crippen LogP contribution in [0.1, 0.15) is 5.56 Å². The lowest BCUT2D eigenvalue weighted by Gasteiger charge is -2.38. The molecule has 3 aromatic heterocycles. The number of nitrogens with one attached hydrogen (secondary N) is 1. The maximum absolute atomic E-state index is 14.4. The van der Waals surface area contributed by atoms with Gasteiger partial charge < -0.3 is 9.84 Å². The summed E-state index contributed by atoms with van der Waals surface area (Å²) in [5, 5.41) is 10.9. The first-order valence-corrected chi connectivity index (χ1v) is 12.0. The Labute approximate surface area is 205 Å². The Kier molecular flexibility index (Phi) is 6.15. The van der Waals surface area contributed by atoms with E-state index in [2.05, 4.69) is 25.5 Å². The van der Waals surface area contributed by atoms with Gasteiger partial charge in [0, 0.05) is 24.7 Å². The third kappa shape index (κ3) is 4.76. The summed E-state index contributed by atoms with van der Waals surface area (Å²) in [5.41, 5.74) is -4.09. The molecular formula is C21H16F5N7O3S. The lowest BCUT2D eigenvalue weighted by atomic mass is 10.2. The Balaban J connectivity index is 1.40. The van der Waals surface area contributed by atoms with Crippen LogP contribution in [0.3, 0.4) is 0 Å². The molecule has 0 unspecified atom stereocenters. The molecule has 1 aliphatic rings. The van der Waals surface area contributed by atoms with Crippen molar-refractivity contribution in [3.8, 4) is 22.9 Å². The summed E-state index contributed by atoms with van der Waals surface area (Å²) in [6.45, 7) is -1.02. The standard InChI is InChI=1S/C21H16F5N7O3S/c22-14-4-2-1-3-12(14)9-33-18(16-5-6-36-31-16)7-17(30-33)20-27-8-15(23)19(29-20)28-13-10-32(11-13)37(34,35)21(24,25)26/h1-8,13H,9-11H2,(H,27,28,29). The molecule has 0 bridgehead atoms.